The third kappa shape index (κ3) is 4.04. The van der Waals surface area contributed by atoms with Gasteiger partial charge in [0.05, 0.1) is 17.0 Å². The van der Waals surface area contributed by atoms with Crippen LogP contribution in [0.3, 0.4) is 0 Å². The molecule has 0 spiro atoms. The average Bonchev–Trinajstić information content (AvgIpc) is 2.91. The van der Waals surface area contributed by atoms with Crippen molar-refractivity contribution in [2.75, 3.05) is 11.9 Å². The highest BCUT2D eigenvalue weighted by Crippen LogP contribution is 2.36. The molecule has 0 unspecified atom stereocenters. The minimum Gasteiger partial charge on any atom is -0.550 e. The van der Waals surface area contributed by atoms with Crippen molar-refractivity contribution >= 4 is 40.1 Å². The van der Waals surface area contributed by atoms with Crippen LogP contribution in [0.15, 0.2) is 0 Å². The van der Waals surface area contributed by atoms with Gasteiger partial charge in [0.2, 0.25) is 5.91 Å². The third-order valence-electron chi connectivity index (χ3n) is 4.49. The van der Waals surface area contributed by atoms with E-state index < -0.39 is 35.6 Å². The van der Waals surface area contributed by atoms with Crippen molar-refractivity contribution in [3.8, 4) is 0 Å². The van der Waals surface area contributed by atoms with Crippen LogP contribution in [0.2, 0.25) is 0 Å². The minimum atomic E-state index is -1.25. The highest BCUT2D eigenvalue weighted by atomic mass is 32.1. The molecule has 1 aliphatic carbocycles. The van der Waals surface area contributed by atoms with Gasteiger partial charge < -0.3 is 25.7 Å². The van der Waals surface area contributed by atoms with E-state index in [0.29, 0.717) is 18.4 Å². The molecular formula is C17H21N2O6S-. The maximum Gasteiger partial charge on any atom is 0.341 e. The Balaban J connectivity index is 2.33. The van der Waals surface area contributed by atoms with Gasteiger partial charge in [-0.15, -0.1) is 11.3 Å². The van der Waals surface area contributed by atoms with E-state index in [0.717, 1.165) is 24.2 Å². The lowest BCUT2D eigenvalue weighted by Gasteiger charge is -2.31. The summed E-state index contributed by atoms with van der Waals surface area (Å²) in [6, 6.07) is 0. The van der Waals surface area contributed by atoms with Crippen LogP contribution in [-0.4, -0.2) is 30.4 Å². The fourth-order valence-electron chi connectivity index (χ4n) is 3.22. The SMILES string of the molecule is CCOC(=O)c1c(NC(=O)[C@H]2CCCC[C@H]2C(=O)[O-])sc(C(N)=O)c1C. The smallest absolute Gasteiger partial charge is 0.341 e. The number of ether oxygens (including phenoxy) is 1. The number of hydrogen-bond donors (Lipinski definition) is 2. The summed E-state index contributed by atoms with van der Waals surface area (Å²) in [5.41, 5.74) is 5.73. The number of aliphatic carboxylic acids is 1. The van der Waals surface area contributed by atoms with Gasteiger partial charge in [-0.3, -0.25) is 9.59 Å². The van der Waals surface area contributed by atoms with E-state index in [1.54, 1.807) is 13.8 Å². The maximum atomic E-state index is 12.6. The lowest BCUT2D eigenvalue weighted by Crippen LogP contribution is -2.42. The van der Waals surface area contributed by atoms with Crippen LogP contribution in [0, 0.1) is 18.8 Å². The van der Waals surface area contributed by atoms with Gasteiger partial charge in [-0.1, -0.05) is 12.8 Å². The quantitative estimate of drug-likeness (QED) is 0.700. The second-order valence-corrected chi connectivity index (χ2v) is 7.17. The molecule has 1 aromatic rings. The van der Waals surface area contributed by atoms with Crippen LogP contribution in [0.25, 0.3) is 0 Å². The van der Waals surface area contributed by atoms with Crippen LogP contribution in [0.4, 0.5) is 5.00 Å². The molecule has 2 amide bonds. The molecule has 26 heavy (non-hydrogen) atoms. The van der Waals surface area contributed by atoms with E-state index in [1.165, 1.54) is 0 Å². The Kier molecular flexibility index (Phi) is 6.36. The molecule has 0 bridgehead atoms. The van der Waals surface area contributed by atoms with Crippen LogP contribution >= 0.6 is 11.3 Å². The number of hydrogen-bond acceptors (Lipinski definition) is 7. The highest BCUT2D eigenvalue weighted by Gasteiger charge is 2.33. The van der Waals surface area contributed by atoms with E-state index in [1.807, 2.05) is 0 Å². The molecule has 0 aliphatic heterocycles. The first kappa shape index (κ1) is 19.9. The van der Waals surface area contributed by atoms with Crippen molar-refractivity contribution in [1.82, 2.24) is 0 Å². The number of primary amides is 1. The normalized spacial score (nSPS) is 19.6. The monoisotopic (exact) mass is 381 g/mol. The maximum absolute atomic E-state index is 12.6. The Morgan fingerprint density at radius 2 is 1.85 bits per heavy atom. The zero-order valence-corrected chi connectivity index (χ0v) is 15.4. The largest absolute Gasteiger partial charge is 0.550 e. The number of esters is 1. The molecule has 3 N–H and O–H groups in total. The Morgan fingerprint density at radius 3 is 2.38 bits per heavy atom. The van der Waals surface area contributed by atoms with Crippen molar-refractivity contribution in [2.24, 2.45) is 17.6 Å². The number of carbonyl (C=O) groups excluding carboxylic acids is 4. The molecule has 1 aromatic heterocycles. The van der Waals surface area contributed by atoms with Gasteiger partial charge in [0.25, 0.3) is 5.91 Å². The molecule has 1 heterocycles. The summed E-state index contributed by atoms with van der Waals surface area (Å²) in [4.78, 5) is 47.9. The standard InChI is InChI=1S/C17H22N2O6S/c1-3-25-17(24)11-8(2)12(13(18)20)26-15(11)19-14(21)9-6-4-5-7-10(9)16(22)23/h9-10H,3-7H2,1-2H3,(H2,18,20)(H,19,21)(H,22,23)/p-1/t9-,10+/m0/s1. The molecule has 0 saturated heterocycles. The second-order valence-electron chi connectivity index (χ2n) is 6.15. The van der Waals surface area contributed by atoms with Gasteiger partial charge in [0, 0.05) is 17.8 Å². The molecule has 8 nitrogen and oxygen atoms in total. The number of carboxylic acids is 1. The molecule has 2 atom stereocenters. The molecule has 1 saturated carbocycles. The van der Waals surface area contributed by atoms with Crippen molar-refractivity contribution < 1.29 is 29.0 Å². The van der Waals surface area contributed by atoms with E-state index in [2.05, 4.69) is 5.32 Å². The van der Waals surface area contributed by atoms with Crippen molar-refractivity contribution in [1.29, 1.82) is 0 Å². The summed E-state index contributed by atoms with van der Waals surface area (Å²) in [7, 11) is 0. The number of nitrogens with one attached hydrogen (secondary N) is 1. The number of nitrogens with two attached hydrogens (primary N) is 1. The predicted octanol–water partition coefficient (Wildman–Crippen LogP) is 0.827. The van der Waals surface area contributed by atoms with E-state index in [-0.39, 0.29) is 22.0 Å². The number of amides is 2. The van der Waals surface area contributed by atoms with E-state index in [9.17, 15) is 24.3 Å². The Bertz CT molecular complexity index is 742. The second kappa shape index (κ2) is 8.31. The van der Waals surface area contributed by atoms with E-state index in [4.69, 9.17) is 10.5 Å². The summed E-state index contributed by atoms with van der Waals surface area (Å²) in [6.45, 7) is 3.31. The van der Waals surface area contributed by atoms with Crippen molar-refractivity contribution in [2.45, 2.75) is 39.5 Å². The van der Waals surface area contributed by atoms with Gasteiger partial charge in [-0.2, -0.15) is 0 Å². The molecule has 142 valence electrons. The van der Waals surface area contributed by atoms with Crippen molar-refractivity contribution in [3.05, 3.63) is 16.0 Å². The molecule has 0 aromatic carbocycles. The van der Waals surface area contributed by atoms with Gasteiger partial charge in [0.1, 0.15) is 5.00 Å². The first-order valence-electron chi connectivity index (χ1n) is 8.39. The number of thiophene rings is 1. The highest BCUT2D eigenvalue weighted by molar-refractivity contribution is 7.18. The number of anilines is 1. The first-order valence-corrected chi connectivity index (χ1v) is 9.21. The molecule has 0 radical (unpaired) electrons. The summed E-state index contributed by atoms with van der Waals surface area (Å²) >= 11 is 0.880. The lowest BCUT2D eigenvalue weighted by molar-refractivity contribution is -0.313. The van der Waals surface area contributed by atoms with Gasteiger partial charge in [0.15, 0.2) is 0 Å². The zero-order chi connectivity index (χ0) is 19.4. The fourth-order valence-corrected chi connectivity index (χ4v) is 4.27. The summed E-state index contributed by atoms with van der Waals surface area (Å²) in [5.74, 6) is -4.78. The van der Waals surface area contributed by atoms with Crippen LogP contribution < -0.4 is 16.2 Å². The topological polar surface area (TPSA) is 139 Å². The van der Waals surface area contributed by atoms with Gasteiger partial charge in [-0.25, -0.2) is 4.79 Å². The fraction of sp³-hybridized carbons (Fsp3) is 0.529. The molecular weight excluding hydrogens is 360 g/mol. The summed E-state index contributed by atoms with van der Waals surface area (Å²) < 4.78 is 4.99. The van der Waals surface area contributed by atoms with Crippen molar-refractivity contribution in [3.63, 3.8) is 0 Å². The van der Waals surface area contributed by atoms with Crippen LogP contribution in [0.1, 0.15) is 58.2 Å². The van der Waals surface area contributed by atoms with Crippen LogP contribution in [-0.2, 0) is 14.3 Å². The third-order valence-corrected chi connectivity index (χ3v) is 5.71. The minimum absolute atomic E-state index is 0.0693. The Labute approximate surface area is 154 Å². The first-order chi connectivity index (χ1) is 12.3. The average molecular weight is 381 g/mol. The molecule has 1 aliphatic rings. The Morgan fingerprint density at radius 1 is 1.23 bits per heavy atom. The molecule has 2 rings (SSSR count). The number of rotatable bonds is 6. The lowest BCUT2D eigenvalue weighted by atomic mass is 9.79. The number of carboxylic acid groups (broad SMARTS) is 1. The van der Waals surface area contributed by atoms with Gasteiger partial charge in [-0.05, 0) is 32.3 Å². The summed E-state index contributed by atoms with van der Waals surface area (Å²) in [5, 5.41) is 14.0. The van der Waals surface area contributed by atoms with E-state index >= 15 is 0 Å². The molecule has 1 fully saturated rings. The zero-order valence-electron chi connectivity index (χ0n) is 14.6. The number of carbonyl (C=O) groups is 4. The molecule has 9 heteroatoms. The van der Waals surface area contributed by atoms with Crippen LogP contribution in [0.5, 0.6) is 0 Å². The Hall–Kier alpha value is -2.42. The van der Waals surface area contributed by atoms with Gasteiger partial charge >= 0.3 is 5.97 Å². The predicted molar refractivity (Wildman–Crippen MR) is 92.6 cm³/mol. The summed E-state index contributed by atoms with van der Waals surface area (Å²) in [6.07, 6.45) is 2.26.